The molecular formula is C26H25F3N2O3S. The summed E-state index contributed by atoms with van der Waals surface area (Å²) in [5, 5.41) is 2.93. The lowest BCUT2D eigenvalue weighted by atomic mass is 10.1. The number of rotatable bonds is 7. The van der Waals surface area contributed by atoms with Gasteiger partial charge in [0.1, 0.15) is 11.5 Å². The van der Waals surface area contributed by atoms with Gasteiger partial charge in [0, 0.05) is 35.3 Å². The predicted molar refractivity (Wildman–Crippen MR) is 131 cm³/mol. The van der Waals surface area contributed by atoms with Crippen molar-refractivity contribution >= 4 is 29.0 Å². The lowest BCUT2D eigenvalue weighted by molar-refractivity contribution is -0.153. The number of nitrogens with zero attached hydrogens (tertiary/aromatic N) is 1. The summed E-state index contributed by atoms with van der Waals surface area (Å²) in [5.74, 6) is 0.456. The Morgan fingerprint density at radius 1 is 1.11 bits per heavy atom. The molecule has 1 aliphatic rings. The largest absolute Gasteiger partial charge is 0.491 e. The van der Waals surface area contributed by atoms with Crippen LogP contribution in [0, 0.1) is 0 Å². The van der Waals surface area contributed by atoms with Gasteiger partial charge in [0.05, 0.1) is 12.3 Å². The fraction of sp³-hybridized carbons (Fsp3) is 0.269. The minimum Gasteiger partial charge on any atom is -0.491 e. The molecule has 35 heavy (non-hydrogen) atoms. The molecule has 9 heteroatoms. The number of alkyl halides is 3. The molecule has 0 fully saturated rings. The third-order valence-corrected chi connectivity index (χ3v) is 6.18. The molecule has 0 atom stereocenters. The van der Waals surface area contributed by atoms with Crippen molar-refractivity contribution < 1.29 is 27.4 Å². The lowest BCUT2D eigenvalue weighted by Gasteiger charge is -2.25. The van der Waals surface area contributed by atoms with E-state index in [0.29, 0.717) is 43.1 Å². The van der Waals surface area contributed by atoms with E-state index in [1.54, 1.807) is 48.2 Å². The standard InChI is InChI=1S/C26H25F3N2O3S/c1-35-22-9-6-18(7-10-22)16-30-25(32)19-8-11-23-24(14-19)33-13-3-12-31(23)20-4-2-5-21(15-20)34-17-26(27,28)29/h2,4-11,14-15H,3,12-13,16-17H2,1H3,(H,30,32). The zero-order chi connectivity index (χ0) is 24.8. The Kier molecular flexibility index (Phi) is 7.75. The molecule has 0 aromatic heterocycles. The molecule has 3 aromatic carbocycles. The van der Waals surface area contributed by atoms with Crippen LogP contribution < -0.4 is 19.7 Å². The third-order valence-electron chi connectivity index (χ3n) is 5.44. The van der Waals surface area contributed by atoms with Crippen LogP contribution in [0.4, 0.5) is 24.5 Å². The maximum atomic E-state index is 12.8. The van der Waals surface area contributed by atoms with Crippen molar-refractivity contribution in [2.45, 2.75) is 24.0 Å². The molecule has 0 aliphatic carbocycles. The molecule has 1 N–H and O–H groups in total. The first kappa shape index (κ1) is 24.8. The van der Waals surface area contributed by atoms with Gasteiger partial charge in [-0.1, -0.05) is 18.2 Å². The number of fused-ring (bicyclic) bond motifs is 1. The Labute approximate surface area is 206 Å². The zero-order valence-electron chi connectivity index (χ0n) is 19.1. The van der Waals surface area contributed by atoms with Crippen LogP contribution in [-0.4, -0.2) is 38.1 Å². The number of carbonyl (C=O) groups excluding carboxylic acids is 1. The monoisotopic (exact) mass is 502 g/mol. The van der Waals surface area contributed by atoms with Crippen LogP contribution in [0.5, 0.6) is 11.5 Å². The molecule has 0 saturated carbocycles. The average Bonchev–Trinajstić information content (AvgIpc) is 3.08. The highest BCUT2D eigenvalue weighted by atomic mass is 32.2. The molecule has 1 heterocycles. The van der Waals surface area contributed by atoms with Crippen LogP contribution in [0.15, 0.2) is 71.6 Å². The van der Waals surface area contributed by atoms with Crippen LogP contribution in [0.3, 0.4) is 0 Å². The maximum Gasteiger partial charge on any atom is 0.422 e. The van der Waals surface area contributed by atoms with Gasteiger partial charge < -0.3 is 19.7 Å². The summed E-state index contributed by atoms with van der Waals surface area (Å²) in [6, 6.07) is 19.7. The second kappa shape index (κ2) is 10.9. The van der Waals surface area contributed by atoms with Crippen molar-refractivity contribution in [2.75, 3.05) is 30.9 Å². The Balaban J connectivity index is 1.49. The van der Waals surface area contributed by atoms with Gasteiger partial charge in [0.15, 0.2) is 6.61 Å². The van der Waals surface area contributed by atoms with E-state index in [4.69, 9.17) is 9.47 Å². The number of amides is 1. The predicted octanol–water partition coefficient (Wildman–Crippen LogP) is 6.20. The van der Waals surface area contributed by atoms with Gasteiger partial charge in [0.25, 0.3) is 5.91 Å². The van der Waals surface area contributed by atoms with Crippen LogP contribution in [0.1, 0.15) is 22.3 Å². The SMILES string of the molecule is CSc1ccc(CNC(=O)c2ccc3c(c2)OCCCN3c2cccc(OCC(F)(F)F)c2)cc1. The smallest absolute Gasteiger partial charge is 0.422 e. The minimum atomic E-state index is -4.41. The molecule has 184 valence electrons. The topological polar surface area (TPSA) is 50.8 Å². The number of hydrogen-bond donors (Lipinski definition) is 1. The van der Waals surface area contributed by atoms with Gasteiger partial charge >= 0.3 is 6.18 Å². The Hall–Kier alpha value is -3.33. The van der Waals surface area contributed by atoms with E-state index in [2.05, 4.69) is 5.32 Å². The summed E-state index contributed by atoms with van der Waals surface area (Å²) in [7, 11) is 0. The summed E-state index contributed by atoms with van der Waals surface area (Å²) < 4.78 is 48.4. The van der Waals surface area contributed by atoms with Crippen LogP contribution >= 0.6 is 11.8 Å². The molecule has 1 aliphatic heterocycles. The Morgan fingerprint density at radius 2 is 1.91 bits per heavy atom. The Bertz CT molecular complexity index is 1170. The fourth-order valence-electron chi connectivity index (χ4n) is 3.72. The van der Waals surface area contributed by atoms with E-state index < -0.39 is 12.8 Å². The number of carbonyl (C=O) groups is 1. The number of hydrogen-bond acceptors (Lipinski definition) is 5. The van der Waals surface area contributed by atoms with Crippen molar-refractivity contribution in [3.05, 3.63) is 77.9 Å². The number of nitrogens with one attached hydrogen (secondary N) is 1. The van der Waals surface area contributed by atoms with Crippen molar-refractivity contribution in [1.29, 1.82) is 0 Å². The second-order valence-electron chi connectivity index (χ2n) is 7.97. The minimum absolute atomic E-state index is 0.133. The van der Waals surface area contributed by atoms with E-state index in [9.17, 15) is 18.0 Å². The van der Waals surface area contributed by atoms with Crippen molar-refractivity contribution in [2.24, 2.45) is 0 Å². The molecule has 0 spiro atoms. The van der Waals surface area contributed by atoms with Gasteiger partial charge in [-0.25, -0.2) is 0 Å². The van der Waals surface area contributed by atoms with Gasteiger partial charge in [-0.2, -0.15) is 13.2 Å². The van der Waals surface area contributed by atoms with Crippen molar-refractivity contribution in [1.82, 2.24) is 5.32 Å². The Morgan fingerprint density at radius 3 is 2.66 bits per heavy atom. The first-order valence-corrected chi connectivity index (χ1v) is 12.3. The molecule has 0 bridgehead atoms. The highest BCUT2D eigenvalue weighted by Gasteiger charge is 2.28. The number of halogens is 3. The van der Waals surface area contributed by atoms with Gasteiger partial charge in [0.2, 0.25) is 0 Å². The molecule has 5 nitrogen and oxygen atoms in total. The van der Waals surface area contributed by atoms with E-state index in [1.807, 2.05) is 35.4 Å². The summed E-state index contributed by atoms with van der Waals surface area (Å²) in [4.78, 5) is 15.9. The summed E-state index contributed by atoms with van der Waals surface area (Å²) in [5.41, 5.74) is 2.89. The molecule has 0 saturated heterocycles. The van der Waals surface area contributed by atoms with Crippen LogP contribution in [0.25, 0.3) is 0 Å². The van der Waals surface area contributed by atoms with Crippen LogP contribution in [-0.2, 0) is 6.54 Å². The van der Waals surface area contributed by atoms with Crippen LogP contribution in [0.2, 0.25) is 0 Å². The molecule has 0 radical (unpaired) electrons. The first-order chi connectivity index (χ1) is 16.8. The molecule has 1 amide bonds. The van der Waals surface area contributed by atoms with Gasteiger partial charge in [-0.3, -0.25) is 4.79 Å². The van der Waals surface area contributed by atoms with Crippen molar-refractivity contribution in [3.8, 4) is 11.5 Å². The van der Waals surface area contributed by atoms with E-state index in [0.717, 1.165) is 16.1 Å². The highest BCUT2D eigenvalue weighted by Crippen LogP contribution is 2.38. The summed E-state index contributed by atoms with van der Waals surface area (Å²) in [6.07, 6.45) is -1.69. The summed E-state index contributed by atoms with van der Waals surface area (Å²) in [6.45, 7) is 0.118. The van der Waals surface area contributed by atoms with Gasteiger partial charge in [-0.05, 0) is 60.7 Å². The fourth-order valence-corrected chi connectivity index (χ4v) is 4.13. The number of ether oxygens (including phenoxy) is 2. The molecule has 3 aromatic rings. The number of thioether (sulfide) groups is 1. The molecule has 4 rings (SSSR count). The van der Waals surface area contributed by atoms with Gasteiger partial charge in [-0.15, -0.1) is 11.8 Å². The van der Waals surface area contributed by atoms with E-state index in [-0.39, 0.29) is 11.7 Å². The van der Waals surface area contributed by atoms with E-state index >= 15 is 0 Å². The van der Waals surface area contributed by atoms with E-state index in [1.165, 1.54) is 6.07 Å². The van der Waals surface area contributed by atoms with Crippen molar-refractivity contribution in [3.63, 3.8) is 0 Å². The lowest BCUT2D eigenvalue weighted by Crippen LogP contribution is -2.23. The first-order valence-electron chi connectivity index (χ1n) is 11.1. The normalized spacial score (nSPS) is 13.4. The average molecular weight is 503 g/mol. The number of anilines is 2. The molecular weight excluding hydrogens is 477 g/mol. The third kappa shape index (κ3) is 6.63. The summed E-state index contributed by atoms with van der Waals surface area (Å²) >= 11 is 1.66. The second-order valence-corrected chi connectivity index (χ2v) is 8.85. The molecule has 0 unspecified atom stereocenters. The zero-order valence-corrected chi connectivity index (χ0v) is 19.9. The number of benzene rings is 3. The maximum absolute atomic E-state index is 12.8. The quantitative estimate of drug-likeness (QED) is 0.390. The highest BCUT2D eigenvalue weighted by molar-refractivity contribution is 7.98.